The van der Waals surface area contributed by atoms with Crippen LogP contribution in [0.1, 0.15) is 12.8 Å². The predicted octanol–water partition coefficient (Wildman–Crippen LogP) is -0.743. The quantitative estimate of drug-likeness (QED) is 0.649. The van der Waals surface area contributed by atoms with Gasteiger partial charge in [-0.25, -0.2) is 0 Å². The Morgan fingerprint density at radius 2 is 2.00 bits per heavy atom. The van der Waals surface area contributed by atoms with Crippen molar-refractivity contribution in [3.63, 3.8) is 0 Å². The average molecular weight is 214 g/mol. The molecule has 0 saturated carbocycles. The van der Waals surface area contributed by atoms with Crippen LogP contribution in [0.4, 0.5) is 0 Å². The fourth-order valence-electron chi connectivity index (χ4n) is 1.87. The standard InChI is InChI=1S/C10H18N2O3/c11-5-10(6-15-7-10)9(13)12-8-1-3-14-4-2-8/h8H,1-7,11H2,(H,12,13). The highest BCUT2D eigenvalue weighted by Crippen LogP contribution is 2.26. The first-order chi connectivity index (χ1) is 7.27. The van der Waals surface area contributed by atoms with Gasteiger partial charge < -0.3 is 20.5 Å². The lowest BCUT2D eigenvalue weighted by Crippen LogP contribution is -2.60. The number of rotatable bonds is 3. The first-order valence-corrected chi connectivity index (χ1v) is 5.43. The molecular weight excluding hydrogens is 196 g/mol. The summed E-state index contributed by atoms with van der Waals surface area (Å²) < 4.78 is 10.3. The van der Waals surface area contributed by atoms with E-state index in [9.17, 15) is 4.79 Å². The summed E-state index contributed by atoms with van der Waals surface area (Å²) in [6, 6.07) is 0.246. The molecule has 2 aliphatic rings. The number of nitrogens with two attached hydrogens (primary N) is 1. The Hall–Kier alpha value is -0.650. The second kappa shape index (κ2) is 4.47. The Bertz CT molecular complexity index is 229. The number of ether oxygens (including phenoxy) is 2. The van der Waals surface area contributed by atoms with Crippen LogP contribution in [0.2, 0.25) is 0 Å². The van der Waals surface area contributed by atoms with Crippen molar-refractivity contribution in [1.82, 2.24) is 5.32 Å². The number of carbonyl (C=O) groups excluding carboxylic acids is 1. The summed E-state index contributed by atoms with van der Waals surface area (Å²) in [7, 11) is 0. The van der Waals surface area contributed by atoms with Crippen molar-refractivity contribution < 1.29 is 14.3 Å². The summed E-state index contributed by atoms with van der Waals surface area (Å²) in [6.07, 6.45) is 1.79. The molecule has 5 nitrogen and oxygen atoms in total. The van der Waals surface area contributed by atoms with Crippen molar-refractivity contribution in [2.24, 2.45) is 11.1 Å². The highest BCUT2D eigenvalue weighted by atomic mass is 16.5. The van der Waals surface area contributed by atoms with Gasteiger partial charge in [-0.15, -0.1) is 0 Å². The van der Waals surface area contributed by atoms with Crippen LogP contribution in [0.25, 0.3) is 0 Å². The van der Waals surface area contributed by atoms with Gasteiger partial charge in [0.15, 0.2) is 0 Å². The van der Waals surface area contributed by atoms with Gasteiger partial charge >= 0.3 is 0 Å². The van der Waals surface area contributed by atoms with Gasteiger partial charge in [-0.05, 0) is 12.8 Å². The molecule has 0 aromatic carbocycles. The molecule has 2 rings (SSSR count). The molecule has 0 aromatic heterocycles. The Morgan fingerprint density at radius 3 is 2.47 bits per heavy atom. The zero-order valence-electron chi connectivity index (χ0n) is 8.83. The summed E-state index contributed by atoms with van der Waals surface area (Å²) in [5.74, 6) is 0.0446. The van der Waals surface area contributed by atoms with E-state index < -0.39 is 5.41 Å². The molecule has 86 valence electrons. The van der Waals surface area contributed by atoms with E-state index in [1.54, 1.807) is 0 Å². The second-order valence-corrected chi connectivity index (χ2v) is 4.34. The van der Waals surface area contributed by atoms with Gasteiger partial charge in [0.1, 0.15) is 5.41 Å². The molecule has 1 amide bonds. The van der Waals surface area contributed by atoms with E-state index in [0.717, 1.165) is 26.1 Å². The van der Waals surface area contributed by atoms with Crippen molar-refractivity contribution in [3.05, 3.63) is 0 Å². The van der Waals surface area contributed by atoms with E-state index >= 15 is 0 Å². The van der Waals surface area contributed by atoms with E-state index in [1.807, 2.05) is 0 Å². The lowest BCUT2D eigenvalue weighted by atomic mass is 9.84. The van der Waals surface area contributed by atoms with E-state index in [4.69, 9.17) is 15.2 Å². The summed E-state index contributed by atoms with van der Waals surface area (Å²) in [5.41, 5.74) is 5.15. The number of nitrogens with one attached hydrogen (secondary N) is 1. The van der Waals surface area contributed by atoms with Crippen molar-refractivity contribution in [2.45, 2.75) is 18.9 Å². The minimum absolute atomic E-state index is 0.0446. The van der Waals surface area contributed by atoms with E-state index in [2.05, 4.69) is 5.32 Å². The SMILES string of the molecule is NCC1(C(=O)NC2CCOCC2)COC1. The lowest BCUT2D eigenvalue weighted by Gasteiger charge is -2.40. The minimum Gasteiger partial charge on any atom is -0.381 e. The molecule has 0 atom stereocenters. The zero-order valence-corrected chi connectivity index (χ0v) is 8.83. The van der Waals surface area contributed by atoms with Crippen molar-refractivity contribution >= 4 is 5.91 Å². The smallest absolute Gasteiger partial charge is 0.232 e. The molecule has 2 aliphatic heterocycles. The van der Waals surface area contributed by atoms with Crippen LogP contribution in [0.3, 0.4) is 0 Å². The third-order valence-corrected chi connectivity index (χ3v) is 3.19. The molecule has 2 heterocycles. The largest absolute Gasteiger partial charge is 0.381 e. The Balaban J connectivity index is 1.85. The maximum Gasteiger partial charge on any atom is 0.232 e. The minimum atomic E-state index is -0.460. The van der Waals surface area contributed by atoms with Gasteiger partial charge in [-0.2, -0.15) is 0 Å². The molecule has 0 radical (unpaired) electrons. The van der Waals surface area contributed by atoms with Gasteiger partial charge in [0.25, 0.3) is 0 Å². The van der Waals surface area contributed by atoms with E-state index in [1.165, 1.54) is 0 Å². The molecule has 0 unspecified atom stereocenters. The molecule has 2 saturated heterocycles. The number of carbonyl (C=O) groups is 1. The molecule has 0 aliphatic carbocycles. The highest BCUT2D eigenvalue weighted by Gasteiger charge is 2.45. The molecule has 0 spiro atoms. The summed E-state index contributed by atoms with van der Waals surface area (Å²) in [6.45, 7) is 2.74. The van der Waals surface area contributed by atoms with Crippen molar-refractivity contribution in [2.75, 3.05) is 33.0 Å². The first kappa shape index (κ1) is 10.9. The van der Waals surface area contributed by atoms with Gasteiger partial charge in [0.2, 0.25) is 5.91 Å². The Morgan fingerprint density at radius 1 is 1.33 bits per heavy atom. The highest BCUT2D eigenvalue weighted by molar-refractivity contribution is 5.84. The lowest BCUT2D eigenvalue weighted by molar-refractivity contribution is -0.160. The third-order valence-electron chi connectivity index (χ3n) is 3.19. The normalized spacial score (nSPS) is 25.7. The van der Waals surface area contributed by atoms with Crippen molar-refractivity contribution in [1.29, 1.82) is 0 Å². The molecule has 3 N–H and O–H groups in total. The second-order valence-electron chi connectivity index (χ2n) is 4.34. The molecule has 0 aromatic rings. The van der Waals surface area contributed by atoms with Crippen LogP contribution in [-0.2, 0) is 14.3 Å². The fraction of sp³-hybridized carbons (Fsp3) is 0.900. The molecule has 2 fully saturated rings. The van der Waals surface area contributed by atoms with Crippen LogP contribution >= 0.6 is 0 Å². The first-order valence-electron chi connectivity index (χ1n) is 5.43. The van der Waals surface area contributed by atoms with Gasteiger partial charge in [-0.1, -0.05) is 0 Å². The monoisotopic (exact) mass is 214 g/mol. The van der Waals surface area contributed by atoms with Crippen LogP contribution in [0.5, 0.6) is 0 Å². The molecule has 15 heavy (non-hydrogen) atoms. The van der Waals surface area contributed by atoms with Gasteiger partial charge in [-0.3, -0.25) is 4.79 Å². The van der Waals surface area contributed by atoms with Crippen LogP contribution in [0, 0.1) is 5.41 Å². The molecule has 5 heteroatoms. The Labute approximate surface area is 89.3 Å². The number of hydrogen-bond acceptors (Lipinski definition) is 4. The van der Waals surface area contributed by atoms with Crippen molar-refractivity contribution in [3.8, 4) is 0 Å². The van der Waals surface area contributed by atoms with Crippen LogP contribution in [-0.4, -0.2) is 44.9 Å². The van der Waals surface area contributed by atoms with E-state index in [-0.39, 0.29) is 11.9 Å². The van der Waals surface area contributed by atoms with Gasteiger partial charge in [0, 0.05) is 25.8 Å². The van der Waals surface area contributed by atoms with Crippen LogP contribution < -0.4 is 11.1 Å². The third kappa shape index (κ3) is 2.14. The zero-order chi connectivity index (χ0) is 10.7. The van der Waals surface area contributed by atoms with Gasteiger partial charge in [0.05, 0.1) is 13.2 Å². The van der Waals surface area contributed by atoms with Crippen LogP contribution in [0.15, 0.2) is 0 Å². The molecular formula is C10H18N2O3. The Kier molecular flexibility index (Phi) is 3.23. The number of amides is 1. The summed E-state index contributed by atoms with van der Waals surface area (Å²) in [5, 5.41) is 3.03. The maximum atomic E-state index is 11.9. The topological polar surface area (TPSA) is 73.6 Å². The fourth-order valence-corrected chi connectivity index (χ4v) is 1.87. The predicted molar refractivity (Wildman–Crippen MR) is 54.3 cm³/mol. The van der Waals surface area contributed by atoms with E-state index in [0.29, 0.717) is 19.8 Å². The maximum absolute atomic E-state index is 11.9. The summed E-state index contributed by atoms with van der Waals surface area (Å²) >= 11 is 0. The molecule has 0 bridgehead atoms. The number of hydrogen-bond donors (Lipinski definition) is 2. The average Bonchev–Trinajstić information content (AvgIpc) is 2.18. The summed E-state index contributed by atoms with van der Waals surface area (Å²) in [4.78, 5) is 11.9.